The molecule has 0 aliphatic carbocycles. The van der Waals surface area contributed by atoms with E-state index in [2.05, 4.69) is 11.6 Å². The molecule has 0 amide bonds. The lowest BCUT2D eigenvalue weighted by atomic mass is 10.1. The lowest BCUT2D eigenvalue weighted by Gasteiger charge is -2.17. The zero-order valence-electron chi connectivity index (χ0n) is 18.3. The molecule has 1 saturated heterocycles. The van der Waals surface area contributed by atoms with E-state index >= 15 is 0 Å². The van der Waals surface area contributed by atoms with E-state index in [-0.39, 0.29) is 18.4 Å². The molecular formula is C22H33N3O5S. The van der Waals surface area contributed by atoms with Gasteiger partial charge in [0.15, 0.2) is 0 Å². The first-order chi connectivity index (χ1) is 15.0. The predicted molar refractivity (Wildman–Crippen MR) is 121 cm³/mol. The third kappa shape index (κ3) is 7.71. The van der Waals surface area contributed by atoms with Crippen molar-refractivity contribution in [1.29, 1.82) is 0 Å². The second-order valence-corrected chi connectivity index (χ2v) is 9.38. The van der Waals surface area contributed by atoms with E-state index in [1.807, 2.05) is 60.4 Å². The molecule has 1 aliphatic rings. The van der Waals surface area contributed by atoms with Crippen LogP contribution in [-0.4, -0.2) is 76.8 Å². The van der Waals surface area contributed by atoms with Crippen molar-refractivity contribution in [2.24, 2.45) is 0 Å². The Hall–Kier alpha value is -1.75. The minimum absolute atomic E-state index is 0.00342. The quantitative estimate of drug-likeness (QED) is 0.367. The van der Waals surface area contributed by atoms with Crippen LogP contribution in [-0.2, 0) is 19.0 Å². The highest BCUT2D eigenvalue weighted by molar-refractivity contribution is 7.86. The number of rotatable bonds is 13. The molecule has 1 fully saturated rings. The number of hydrogen-bond donors (Lipinski definition) is 1. The van der Waals surface area contributed by atoms with Crippen molar-refractivity contribution < 1.29 is 22.1 Å². The van der Waals surface area contributed by atoms with Crippen molar-refractivity contribution in [2.45, 2.75) is 25.8 Å². The van der Waals surface area contributed by atoms with Crippen molar-refractivity contribution in [1.82, 2.24) is 15.6 Å². The monoisotopic (exact) mass is 451 g/mol. The van der Waals surface area contributed by atoms with Gasteiger partial charge in [-0.1, -0.05) is 30.3 Å². The molecule has 0 spiro atoms. The lowest BCUT2D eigenvalue weighted by molar-refractivity contribution is 0.0755. The fraction of sp³-hybridized carbons (Fsp3) is 0.545. The largest absolute Gasteiger partial charge is 0.493 e. The molecule has 0 aromatic heterocycles. The van der Waals surface area contributed by atoms with Crippen LogP contribution in [0.15, 0.2) is 42.5 Å². The molecule has 0 saturated carbocycles. The van der Waals surface area contributed by atoms with Crippen LogP contribution in [0.2, 0.25) is 0 Å². The van der Waals surface area contributed by atoms with E-state index in [4.69, 9.17) is 13.7 Å². The number of nitrogens with zero attached hydrogens (tertiary/aromatic N) is 2. The molecule has 8 nitrogen and oxygen atoms in total. The lowest BCUT2D eigenvalue weighted by Crippen LogP contribution is -2.40. The first kappa shape index (κ1) is 23.9. The molecule has 2 aromatic rings. The van der Waals surface area contributed by atoms with Gasteiger partial charge in [0.25, 0.3) is 10.1 Å². The Balaban J connectivity index is 1.29. The Morgan fingerprint density at radius 2 is 1.90 bits per heavy atom. The smallest absolute Gasteiger partial charge is 0.267 e. The molecule has 2 aromatic carbocycles. The summed E-state index contributed by atoms with van der Waals surface area (Å²) in [4.78, 5) is 0. The van der Waals surface area contributed by atoms with Gasteiger partial charge >= 0.3 is 0 Å². The standard InChI is InChI=1S/C22H33N3O5S/c1-3-28-18-21-17-25(23-24(21)2)12-6-15-31(26,27)30-14-7-13-29-22-11-10-19-8-4-5-9-20(19)16-22/h4-5,8-11,16,21,23H,3,6-7,12-15,17-18H2,1-2H3. The highest BCUT2D eigenvalue weighted by Gasteiger charge is 2.27. The predicted octanol–water partition coefficient (Wildman–Crippen LogP) is 2.42. The zero-order valence-corrected chi connectivity index (χ0v) is 19.1. The number of benzene rings is 2. The second-order valence-electron chi connectivity index (χ2n) is 7.62. The maximum Gasteiger partial charge on any atom is 0.267 e. The summed E-state index contributed by atoms with van der Waals surface area (Å²) in [6.45, 7) is 5.26. The fourth-order valence-electron chi connectivity index (χ4n) is 3.47. The molecule has 172 valence electrons. The summed E-state index contributed by atoms with van der Waals surface area (Å²) < 4.78 is 40.6. The summed E-state index contributed by atoms with van der Waals surface area (Å²) in [5, 5.41) is 6.28. The number of fused-ring (bicyclic) bond motifs is 1. The van der Waals surface area contributed by atoms with Crippen LogP contribution in [0.1, 0.15) is 19.8 Å². The van der Waals surface area contributed by atoms with Crippen LogP contribution >= 0.6 is 0 Å². The van der Waals surface area contributed by atoms with Crippen LogP contribution in [0, 0.1) is 0 Å². The van der Waals surface area contributed by atoms with Gasteiger partial charge in [-0.05, 0) is 36.2 Å². The number of ether oxygens (including phenoxy) is 2. The Labute approximate surface area is 185 Å². The Morgan fingerprint density at radius 1 is 1.10 bits per heavy atom. The third-order valence-electron chi connectivity index (χ3n) is 5.16. The van der Waals surface area contributed by atoms with Crippen LogP contribution < -0.4 is 10.3 Å². The number of hydrogen-bond acceptors (Lipinski definition) is 8. The van der Waals surface area contributed by atoms with E-state index < -0.39 is 10.1 Å². The van der Waals surface area contributed by atoms with Crippen molar-refractivity contribution in [3.63, 3.8) is 0 Å². The van der Waals surface area contributed by atoms with Crippen LogP contribution in [0.5, 0.6) is 5.75 Å². The maximum atomic E-state index is 12.1. The summed E-state index contributed by atoms with van der Waals surface area (Å²) in [5.41, 5.74) is 3.22. The Bertz CT molecular complexity index is 924. The summed E-state index contributed by atoms with van der Waals surface area (Å²) in [5.74, 6) is 0.767. The van der Waals surface area contributed by atoms with Crippen molar-refractivity contribution in [3.05, 3.63) is 42.5 Å². The molecule has 1 N–H and O–H groups in total. The van der Waals surface area contributed by atoms with Crippen LogP contribution in [0.4, 0.5) is 0 Å². The number of nitrogens with one attached hydrogen (secondary N) is 1. The Kier molecular flexibility index (Phi) is 9.06. The molecule has 0 radical (unpaired) electrons. The summed E-state index contributed by atoms with van der Waals surface area (Å²) >= 11 is 0. The molecule has 3 rings (SSSR count). The van der Waals surface area contributed by atoms with Crippen LogP contribution in [0.25, 0.3) is 10.8 Å². The SMILES string of the molecule is CCOCC1CN(CCCS(=O)(=O)OCCCOc2ccc3ccccc3c2)NN1C. The van der Waals surface area contributed by atoms with E-state index in [0.717, 1.165) is 23.1 Å². The first-order valence-corrected chi connectivity index (χ1v) is 12.3. The van der Waals surface area contributed by atoms with Gasteiger partial charge in [-0.25, -0.2) is 10.0 Å². The average molecular weight is 452 g/mol. The molecule has 31 heavy (non-hydrogen) atoms. The van der Waals surface area contributed by atoms with Gasteiger partial charge in [0, 0.05) is 33.2 Å². The summed E-state index contributed by atoms with van der Waals surface area (Å²) in [7, 11) is -1.57. The van der Waals surface area contributed by atoms with E-state index in [9.17, 15) is 8.42 Å². The molecule has 9 heteroatoms. The normalized spacial score (nSPS) is 18.1. The van der Waals surface area contributed by atoms with Gasteiger partial charge in [0.05, 0.1) is 31.6 Å². The van der Waals surface area contributed by atoms with Gasteiger partial charge in [0.1, 0.15) is 5.75 Å². The number of hydrazine groups is 2. The summed E-state index contributed by atoms with van der Waals surface area (Å²) in [6.07, 6.45) is 1.00. The van der Waals surface area contributed by atoms with E-state index in [1.165, 1.54) is 0 Å². The molecule has 1 unspecified atom stereocenters. The van der Waals surface area contributed by atoms with Gasteiger partial charge in [-0.2, -0.15) is 14.0 Å². The summed E-state index contributed by atoms with van der Waals surface area (Å²) in [6, 6.07) is 14.2. The topological polar surface area (TPSA) is 80.3 Å². The molecule has 1 atom stereocenters. The third-order valence-corrected chi connectivity index (χ3v) is 6.47. The fourth-order valence-corrected chi connectivity index (χ4v) is 4.44. The average Bonchev–Trinajstić information content (AvgIpc) is 3.10. The van der Waals surface area contributed by atoms with Crippen LogP contribution in [0.3, 0.4) is 0 Å². The van der Waals surface area contributed by atoms with Crippen molar-refractivity contribution in [2.75, 3.05) is 52.3 Å². The highest BCUT2D eigenvalue weighted by Crippen LogP contribution is 2.20. The minimum Gasteiger partial charge on any atom is -0.493 e. The molecule has 1 aliphatic heterocycles. The molecule has 1 heterocycles. The van der Waals surface area contributed by atoms with Gasteiger partial charge < -0.3 is 9.47 Å². The van der Waals surface area contributed by atoms with Crippen molar-refractivity contribution >= 4 is 20.9 Å². The Morgan fingerprint density at radius 3 is 2.71 bits per heavy atom. The zero-order chi connectivity index (χ0) is 22.1. The van der Waals surface area contributed by atoms with Gasteiger partial charge in [-0.15, -0.1) is 0 Å². The highest BCUT2D eigenvalue weighted by atomic mass is 32.2. The second kappa shape index (κ2) is 11.8. The number of likely N-dealkylation sites (N-methyl/N-ethyl adjacent to an activating group) is 1. The maximum absolute atomic E-state index is 12.1. The van der Waals surface area contributed by atoms with Gasteiger partial charge in [0.2, 0.25) is 0 Å². The van der Waals surface area contributed by atoms with Gasteiger partial charge in [-0.3, -0.25) is 4.18 Å². The van der Waals surface area contributed by atoms with E-state index in [0.29, 0.717) is 39.2 Å². The minimum atomic E-state index is -3.54. The molecular weight excluding hydrogens is 418 g/mol. The molecule has 0 bridgehead atoms. The van der Waals surface area contributed by atoms with Crippen molar-refractivity contribution in [3.8, 4) is 5.75 Å². The van der Waals surface area contributed by atoms with E-state index in [1.54, 1.807) is 0 Å². The first-order valence-electron chi connectivity index (χ1n) is 10.8.